The Balaban J connectivity index is 2.58. The number of fused-ring (bicyclic) bond motifs is 1. The van der Waals surface area contributed by atoms with E-state index in [-0.39, 0.29) is 5.54 Å². The minimum absolute atomic E-state index is 0.212. The van der Waals surface area contributed by atoms with Crippen LogP contribution in [0.1, 0.15) is 30.7 Å². The maximum atomic E-state index is 6.06. The molecule has 0 atom stereocenters. The normalized spacial score (nSPS) is 12.1. The molecule has 0 aliphatic heterocycles. The summed E-state index contributed by atoms with van der Waals surface area (Å²) in [6.45, 7) is 8.31. The van der Waals surface area contributed by atoms with E-state index in [2.05, 4.69) is 38.1 Å². The molecule has 0 aliphatic rings. The van der Waals surface area contributed by atoms with Gasteiger partial charge < -0.3 is 5.73 Å². The Morgan fingerprint density at radius 3 is 2.53 bits per heavy atom. The van der Waals surface area contributed by atoms with E-state index in [1.54, 1.807) is 0 Å². The fraction of sp³-hybridized carbons (Fsp3) is 0.400. The lowest BCUT2D eigenvalue weighted by molar-refractivity contribution is 0.511. The van der Waals surface area contributed by atoms with Crippen molar-refractivity contribution in [1.29, 1.82) is 0 Å². The molecule has 2 N–H and O–H groups in total. The Bertz CT molecular complexity index is 551. The molecular weight excluding hydrogens is 208 g/mol. The largest absolute Gasteiger partial charge is 0.325 e. The lowest BCUT2D eigenvalue weighted by Crippen LogP contribution is -2.34. The van der Waals surface area contributed by atoms with E-state index in [4.69, 9.17) is 10.7 Å². The molecule has 2 nitrogen and oxygen atoms in total. The molecule has 0 saturated carbocycles. The monoisotopic (exact) mass is 228 g/mol. The number of rotatable bonds is 2. The van der Waals surface area contributed by atoms with E-state index in [0.29, 0.717) is 0 Å². The lowest BCUT2D eigenvalue weighted by Gasteiger charge is -2.18. The molecular formula is C15H20N2. The van der Waals surface area contributed by atoms with Gasteiger partial charge in [-0.1, -0.05) is 18.2 Å². The predicted molar refractivity (Wildman–Crippen MR) is 73.2 cm³/mol. The van der Waals surface area contributed by atoms with E-state index in [0.717, 1.165) is 17.6 Å². The maximum absolute atomic E-state index is 6.06. The molecule has 90 valence electrons. The van der Waals surface area contributed by atoms with Gasteiger partial charge in [0, 0.05) is 23.0 Å². The Morgan fingerprint density at radius 1 is 1.18 bits per heavy atom. The van der Waals surface area contributed by atoms with Gasteiger partial charge >= 0.3 is 0 Å². The zero-order valence-corrected chi connectivity index (χ0v) is 11.0. The SMILES string of the molecule is Cc1cc(CC(C)(C)N)nc2c(C)cccc12. The van der Waals surface area contributed by atoms with Crippen LogP contribution >= 0.6 is 0 Å². The molecule has 0 fully saturated rings. The molecule has 2 heteroatoms. The minimum atomic E-state index is -0.212. The standard InChI is InChI=1S/C15H20N2/c1-10-6-5-7-13-11(2)8-12(17-14(10)13)9-15(3,4)16/h5-8H,9,16H2,1-4H3. The topological polar surface area (TPSA) is 38.9 Å². The molecule has 0 spiro atoms. The highest BCUT2D eigenvalue weighted by molar-refractivity contribution is 5.84. The van der Waals surface area contributed by atoms with Gasteiger partial charge in [-0.05, 0) is 44.9 Å². The highest BCUT2D eigenvalue weighted by Crippen LogP contribution is 2.22. The van der Waals surface area contributed by atoms with E-state index in [1.165, 1.54) is 16.5 Å². The average molecular weight is 228 g/mol. The molecule has 0 radical (unpaired) electrons. The molecule has 1 heterocycles. The molecule has 0 amide bonds. The average Bonchev–Trinajstić information content (AvgIpc) is 2.17. The van der Waals surface area contributed by atoms with Gasteiger partial charge in [0.05, 0.1) is 5.52 Å². The molecule has 2 rings (SSSR count). The molecule has 0 saturated heterocycles. The van der Waals surface area contributed by atoms with Gasteiger partial charge in [-0.15, -0.1) is 0 Å². The zero-order valence-electron chi connectivity index (χ0n) is 11.0. The zero-order chi connectivity index (χ0) is 12.6. The molecule has 0 bridgehead atoms. The number of pyridine rings is 1. The Kier molecular flexibility index (Phi) is 2.92. The maximum Gasteiger partial charge on any atom is 0.0737 e. The smallest absolute Gasteiger partial charge is 0.0737 e. The van der Waals surface area contributed by atoms with Crippen LogP contribution in [0.4, 0.5) is 0 Å². The summed E-state index contributed by atoms with van der Waals surface area (Å²) in [5, 5.41) is 1.24. The van der Waals surface area contributed by atoms with Crippen molar-refractivity contribution in [3.05, 3.63) is 41.1 Å². The molecule has 0 unspecified atom stereocenters. The van der Waals surface area contributed by atoms with Crippen molar-refractivity contribution in [2.75, 3.05) is 0 Å². The fourth-order valence-corrected chi connectivity index (χ4v) is 2.19. The third-order valence-electron chi connectivity index (χ3n) is 2.94. The Labute approximate surface area is 103 Å². The van der Waals surface area contributed by atoms with Crippen molar-refractivity contribution in [2.24, 2.45) is 5.73 Å². The van der Waals surface area contributed by atoms with Crippen LogP contribution in [-0.4, -0.2) is 10.5 Å². The van der Waals surface area contributed by atoms with Crippen LogP contribution in [0.2, 0.25) is 0 Å². The van der Waals surface area contributed by atoms with Gasteiger partial charge in [-0.2, -0.15) is 0 Å². The van der Waals surface area contributed by atoms with Gasteiger partial charge in [-0.3, -0.25) is 4.98 Å². The van der Waals surface area contributed by atoms with Gasteiger partial charge in [0.2, 0.25) is 0 Å². The van der Waals surface area contributed by atoms with E-state index in [1.807, 2.05) is 13.8 Å². The summed E-state index contributed by atoms with van der Waals surface area (Å²) in [5.74, 6) is 0. The molecule has 1 aromatic carbocycles. The number of para-hydroxylation sites is 1. The van der Waals surface area contributed by atoms with Crippen LogP contribution in [-0.2, 0) is 6.42 Å². The number of benzene rings is 1. The lowest BCUT2D eigenvalue weighted by atomic mass is 9.97. The van der Waals surface area contributed by atoms with Crippen LogP contribution in [0.15, 0.2) is 24.3 Å². The van der Waals surface area contributed by atoms with Crippen molar-refractivity contribution < 1.29 is 0 Å². The van der Waals surface area contributed by atoms with Gasteiger partial charge in [-0.25, -0.2) is 0 Å². The second-order valence-electron chi connectivity index (χ2n) is 5.57. The van der Waals surface area contributed by atoms with Crippen LogP contribution in [0.25, 0.3) is 10.9 Å². The highest BCUT2D eigenvalue weighted by atomic mass is 14.8. The van der Waals surface area contributed by atoms with Crippen molar-refractivity contribution >= 4 is 10.9 Å². The van der Waals surface area contributed by atoms with Crippen molar-refractivity contribution in [3.8, 4) is 0 Å². The minimum Gasteiger partial charge on any atom is -0.325 e. The number of hydrogen-bond donors (Lipinski definition) is 1. The van der Waals surface area contributed by atoms with Gasteiger partial charge in [0.15, 0.2) is 0 Å². The van der Waals surface area contributed by atoms with E-state index in [9.17, 15) is 0 Å². The summed E-state index contributed by atoms with van der Waals surface area (Å²) >= 11 is 0. The van der Waals surface area contributed by atoms with E-state index >= 15 is 0 Å². The highest BCUT2D eigenvalue weighted by Gasteiger charge is 2.14. The van der Waals surface area contributed by atoms with Crippen LogP contribution in [0, 0.1) is 13.8 Å². The molecule has 2 aromatic rings. The first-order chi connectivity index (χ1) is 7.87. The third-order valence-corrected chi connectivity index (χ3v) is 2.94. The summed E-state index contributed by atoms with van der Waals surface area (Å²) in [4.78, 5) is 4.74. The Hall–Kier alpha value is -1.41. The van der Waals surface area contributed by atoms with Crippen molar-refractivity contribution in [1.82, 2.24) is 4.98 Å². The van der Waals surface area contributed by atoms with Crippen molar-refractivity contribution in [2.45, 2.75) is 39.7 Å². The molecule has 1 aromatic heterocycles. The van der Waals surface area contributed by atoms with Crippen molar-refractivity contribution in [3.63, 3.8) is 0 Å². The summed E-state index contributed by atoms with van der Waals surface area (Å²) in [5.41, 5.74) is 10.5. The first-order valence-corrected chi connectivity index (χ1v) is 6.01. The fourth-order valence-electron chi connectivity index (χ4n) is 2.19. The third kappa shape index (κ3) is 2.64. The van der Waals surface area contributed by atoms with Crippen LogP contribution in [0.5, 0.6) is 0 Å². The summed E-state index contributed by atoms with van der Waals surface area (Å²) < 4.78 is 0. The summed E-state index contributed by atoms with van der Waals surface area (Å²) in [7, 11) is 0. The number of nitrogens with zero attached hydrogens (tertiary/aromatic N) is 1. The quantitative estimate of drug-likeness (QED) is 0.857. The molecule has 0 aliphatic carbocycles. The summed E-state index contributed by atoms with van der Waals surface area (Å²) in [6, 6.07) is 8.46. The van der Waals surface area contributed by atoms with E-state index < -0.39 is 0 Å². The van der Waals surface area contributed by atoms with Gasteiger partial charge in [0.1, 0.15) is 0 Å². The number of hydrogen-bond acceptors (Lipinski definition) is 2. The Morgan fingerprint density at radius 2 is 1.88 bits per heavy atom. The second-order valence-corrected chi connectivity index (χ2v) is 5.57. The number of aromatic nitrogens is 1. The first-order valence-electron chi connectivity index (χ1n) is 6.01. The first kappa shape index (κ1) is 12.1. The predicted octanol–water partition coefficient (Wildman–Crippen LogP) is 3.13. The molecule has 17 heavy (non-hydrogen) atoms. The van der Waals surface area contributed by atoms with Crippen LogP contribution < -0.4 is 5.73 Å². The van der Waals surface area contributed by atoms with Gasteiger partial charge in [0.25, 0.3) is 0 Å². The summed E-state index contributed by atoms with van der Waals surface area (Å²) in [6.07, 6.45) is 0.804. The number of nitrogens with two attached hydrogens (primary N) is 1. The number of aryl methyl sites for hydroxylation is 2. The second kappa shape index (κ2) is 4.11. The van der Waals surface area contributed by atoms with Crippen LogP contribution in [0.3, 0.4) is 0 Å².